The summed E-state index contributed by atoms with van der Waals surface area (Å²) in [5.41, 5.74) is 5.57. The minimum atomic E-state index is 0.101. The third kappa shape index (κ3) is 7.31. The van der Waals surface area contributed by atoms with Crippen molar-refractivity contribution in [2.75, 3.05) is 13.1 Å². The largest absolute Gasteiger partial charge is 0.393 e. The van der Waals surface area contributed by atoms with E-state index in [1.54, 1.807) is 0 Å². The standard InChI is InChI=1S/C13H26N2OS/c1-4-6-7-8-9-12(16)15(5-2)10-11(3)13(14)17/h11H,4-10H2,1-3H3,(H2,14,17). The monoisotopic (exact) mass is 258 g/mol. The number of unbranched alkanes of at least 4 members (excludes halogenated alkanes) is 3. The van der Waals surface area contributed by atoms with Crippen LogP contribution in [-0.4, -0.2) is 28.9 Å². The SMILES string of the molecule is CCCCCCC(=O)N(CC)CC(C)C(N)=S. The molecule has 1 atom stereocenters. The maximum absolute atomic E-state index is 11.9. The van der Waals surface area contributed by atoms with Gasteiger partial charge in [0.2, 0.25) is 5.91 Å². The Bertz CT molecular complexity index is 244. The van der Waals surface area contributed by atoms with E-state index in [0.717, 1.165) is 19.4 Å². The van der Waals surface area contributed by atoms with Crippen molar-refractivity contribution in [2.24, 2.45) is 11.7 Å². The molecule has 0 heterocycles. The zero-order valence-corrected chi connectivity index (χ0v) is 12.2. The minimum Gasteiger partial charge on any atom is -0.393 e. The average molecular weight is 258 g/mol. The molecule has 17 heavy (non-hydrogen) atoms. The second-order valence-corrected chi connectivity index (χ2v) is 5.02. The zero-order valence-electron chi connectivity index (χ0n) is 11.4. The summed E-state index contributed by atoms with van der Waals surface area (Å²) in [6.45, 7) is 7.52. The van der Waals surface area contributed by atoms with E-state index in [1.165, 1.54) is 12.8 Å². The van der Waals surface area contributed by atoms with Gasteiger partial charge in [0, 0.05) is 25.4 Å². The quantitative estimate of drug-likeness (QED) is 0.511. The smallest absolute Gasteiger partial charge is 0.222 e. The molecule has 0 spiro atoms. The van der Waals surface area contributed by atoms with Crippen LogP contribution in [0.5, 0.6) is 0 Å². The van der Waals surface area contributed by atoms with Gasteiger partial charge < -0.3 is 10.6 Å². The molecule has 0 saturated carbocycles. The Morgan fingerprint density at radius 2 is 1.94 bits per heavy atom. The fourth-order valence-corrected chi connectivity index (χ4v) is 1.76. The molecule has 0 radical (unpaired) electrons. The number of amides is 1. The van der Waals surface area contributed by atoms with Crippen molar-refractivity contribution >= 4 is 23.1 Å². The van der Waals surface area contributed by atoms with E-state index in [-0.39, 0.29) is 11.8 Å². The predicted molar refractivity (Wildman–Crippen MR) is 77.0 cm³/mol. The molecule has 1 amide bonds. The van der Waals surface area contributed by atoms with Gasteiger partial charge in [0.1, 0.15) is 0 Å². The molecular formula is C13H26N2OS. The fraction of sp³-hybridized carbons (Fsp3) is 0.846. The van der Waals surface area contributed by atoms with Gasteiger partial charge in [0.25, 0.3) is 0 Å². The van der Waals surface area contributed by atoms with E-state index >= 15 is 0 Å². The highest BCUT2D eigenvalue weighted by atomic mass is 32.1. The number of hydrogen-bond acceptors (Lipinski definition) is 2. The average Bonchev–Trinajstić information content (AvgIpc) is 2.30. The van der Waals surface area contributed by atoms with Crippen LogP contribution in [0.3, 0.4) is 0 Å². The van der Waals surface area contributed by atoms with Crippen LogP contribution in [0.15, 0.2) is 0 Å². The van der Waals surface area contributed by atoms with Crippen LogP contribution >= 0.6 is 12.2 Å². The Kier molecular flexibility index (Phi) is 9.04. The van der Waals surface area contributed by atoms with E-state index in [2.05, 4.69) is 6.92 Å². The number of carbonyl (C=O) groups excluding carboxylic acids is 1. The molecule has 0 fully saturated rings. The highest BCUT2D eigenvalue weighted by Gasteiger charge is 2.15. The Morgan fingerprint density at radius 1 is 1.29 bits per heavy atom. The first kappa shape index (κ1) is 16.4. The topological polar surface area (TPSA) is 46.3 Å². The summed E-state index contributed by atoms with van der Waals surface area (Å²) in [5, 5.41) is 0. The van der Waals surface area contributed by atoms with Crippen molar-refractivity contribution < 1.29 is 4.79 Å². The molecule has 0 aliphatic carbocycles. The van der Waals surface area contributed by atoms with E-state index < -0.39 is 0 Å². The molecule has 0 aliphatic rings. The molecule has 0 saturated heterocycles. The molecule has 0 bridgehead atoms. The molecule has 4 heteroatoms. The summed E-state index contributed by atoms with van der Waals surface area (Å²) in [6.07, 6.45) is 5.19. The van der Waals surface area contributed by atoms with Gasteiger partial charge in [0.15, 0.2) is 0 Å². The molecule has 0 aromatic heterocycles. The first-order valence-electron chi connectivity index (χ1n) is 6.60. The van der Waals surface area contributed by atoms with Gasteiger partial charge in [-0.05, 0) is 13.3 Å². The Labute approximate surface area is 111 Å². The Morgan fingerprint density at radius 3 is 2.41 bits per heavy atom. The number of nitrogens with two attached hydrogens (primary N) is 1. The van der Waals surface area contributed by atoms with Gasteiger partial charge in [-0.15, -0.1) is 0 Å². The van der Waals surface area contributed by atoms with Crippen LogP contribution in [0.1, 0.15) is 52.9 Å². The van der Waals surface area contributed by atoms with Gasteiger partial charge in [0.05, 0.1) is 4.99 Å². The van der Waals surface area contributed by atoms with E-state index in [1.807, 2.05) is 18.7 Å². The molecule has 2 N–H and O–H groups in total. The van der Waals surface area contributed by atoms with Gasteiger partial charge in [-0.25, -0.2) is 0 Å². The molecule has 0 rings (SSSR count). The summed E-state index contributed by atoms with van der Waals surface area (Å²) in [4.78, 5) is 14.3. The minimum absolute atomic E-state index is 0.101. The number of rotatable bonds is 9. The van der Waals surface area contributed by atoms with Crippen LogP contribution in [0, 0.1) is 5.92 Å². The van der Waals surface area contributed by atoms with E-state index in [4.69, 9.17) is 18.0 Å². The summed E-state index contributed by atoms with van der Waals surface area (Å²) in [7, 11) is 0. The van der Waals surface area contributed by atoms with Crippen molar-refractivity contribution in [1.29, 1.82) is 0 Å². The number of hydrogen-bond donors (Lipinski definition) is 1. The van der Waals surface area contributed by atoms with Crippen LogP contribution in [0.2, 0.25) is 0 Å². The summed E-state index contributed by atoms with van der Waals surface area (Å²) in [5.74, 6) is 0.330. The lowest BCUT2D eigenvalue weighted by Gasteiger charge is -2.24. The molecule has 100 valence electrons. The van der Waals surface area contributed by atoms with E-state index in [9.17, 15) is 4.79 Å². The lowest BCUT2D eigenvalue weighted by molar-refractivity contribution is -0.131. The molecule has 0 aromatic carbocycles. The predicted octanol–water partition coefficient (Wildman–Crippen LogP) is 2.73. The Hall–Kier alpha value is -0.640. The van der Waals surface area contributed by atoms with Crippen molar-refractivity contribution in [2.45, 2.75) is 52.9 Å². The van der Waals surface area contributed by atoms with Crippen molar-refractivity contribution in [3.8, 4) is 0 Å². The number of carbonyl (C=O) groups is 1. The molecule has 1 unspecified atom stereocenters. The molecule has 0 aliphatic heterocycles. The third-order valence-corrected chi connectivity index (χ3v) is 3.36. The number of thiocarbonyl (C=S) groups is 1. The summed E-state index contributed by atoms with van der Waals surface area (Å²) in [6, 6.07) is 0. The van der Waals surface area contributed by atoms with Gasteiger partial charge >= 0.3 is 0 Å². The first-order chi connectivity index (χ1) is 8.02. The second kappa shape index (κ2) is 9.40. The first-order valence-corrected chi connectivity index (χ1v) is 7.00. The fourth-order valence-electron chi connectivity index (χ4n) is 1.69. The molecule has 0 aromatic rings. The van der Waals surface area contributed by atoms with Crippen LogP contribution in [-0.2, 0) is 4.79 Å². The maximum atomic E-state index is 11.9. The van der Waals surface area contributed by atoms with Gasteiger partial charge in [-0.2, -0.15) is 0 Å². The normalized spacial score (nSPS) is 12.2. The van der Waals surface area contributed by atoms with Gasteiger partial charge in [-0.3, -0.25) is 4.79 Å². The molecule has 3 nitrogen and oxygen atoms in total. The highest BCUT2D eigenvalue weighted by molar-refractivity contribution is 7.80. The van der Waals surface area contributed by atoms with Crippen molar-refractivity contribution in [3.05, 3.63) is 0 Å². The number of nitrogens with zero attached hydrogens (tertiary/aromatic N) is 1. The maximum Gasteiger partial charge on any atom is 0.222 e. The van der Waals surface area contributed by atoms with E-state index in [0.29, 0.717) is 18.0 Å². The van der Waals surface area contributed by atoms with Gasteiger partial charge in [-0.1, -0.05) is 45.3 Å². The van der Waals surface area contributed by atoms with Crippen molar-refractivity contribution in [1.82, 2.24) is 4.90 Å². The lowest BCUT2D eigenvalue weighted by atomic mass is 10.1. The third-order valence-electron chi connectivity index (χ3n) is 2.96. The molecular weight excluding hydrogens is 232 g/mol. The summed E-state index contributed by atoms with van der Waals surface area (Å²) < 4.78 is 0. The lowest BCUT2D eigenvalue weighted by Crippen LogP contribution is -2.38. The second-order valence-electron chi connectivity index (χ2n) is 4.55. The van der Waals surface area contributed by atoms with Crippen LogP contribution < -0.4 is 5.73 Å². The van der Waals surface area contributed by atoms with Crippen LogP contribution in [0.4, 0.5) is 0 Å². The summed E-state index contributed by atoms with van der Waals surface area (Å²) >= 11 is 4.93. The van der Waals surface area contributed by atoms with Crippen LogP contribution in [0.25, 0.3) is 0 Å². The zero-order chi connectivity index (χ0) is 13.3. The van der Waals surface area contributed by atoms with Crippen molar-refractivity contribution in [3.63, 3.8) is 0 Å². The Balaban J connectivity index is 3.99. The highest BCUT2D eigenvalue weighted by Crippen LogP contribution is 2.07.